The van der Waals surface area contributed by atoms with Crippen molar-refractivity contribution < 1.29 is 26.1 Å². The van der Waals surface area contributed by atoms with Crippen LogP contribution in [0.4, 0.5) is 15.8 Å². The lowest BCUT2D eigenvalue weighted by molar-refractivity contribution is -0.384. The van der Waals surface area contributed by atoms with Crippen LogP contribution in [0.25, 0.3) is 0 Å². The third-order valence-corrected chi connectivity index (χ3v) is 5.78. The molecule has 0 aromatic heterocycles. The first kappa shape index (κ1) is 15.4. The number of rotatable bonds is 4. The van der Waals surface area contributed by atoms with E-state index in [2.05, 4.69) is 0 Å². The van der Waals surface area contributed by atoms with Gasteiger partial charge < -0.3 is 0 Å². The number of hydrogen-bond acceptors (Lipinski definition) is 6. The molecule has 1 heterocycles. The van der Waals surface area contributed by atoms with Crippen molar-refractivity contribution in [1.29, 1.82) is 0 Å². The number of halogens is 1. The van der Waals surface area contributed by atoms with Gasteiger partial charge in [0, 0.05) is 12.1 Å². The lowest BCUT2D eigenvalue weighted by Crippen LogP contribution is -2.18. The molecule has 1 aromatic rings. The van der Waals surface area contributed by atoms with Gasteiger partial charge in [-0.2, -0.15) is 0 Å². The van der Waals surface area contributed by atoms with E-state index in [-0.39, 0.29) is 0 Å². The molecule has 114 valence electrons. The second-order valence-corrected chi connectivity index (χ2v) is 8.10. The number of nitro groups is 1. The summed E-state index contributed by atoms with van der Waals surface area (Å²) in [5, 5.41) is 10.6. The van der Waals surface area contributed by atoms with Gasteiger partial charge in [-0.05, 0) is 6.07 Å². The Balaban J connectivity index is 2.34. The molecule has 0 atom stereocenters. The second kappa shape index (κ2) is 5.07. The molecular formula is C10H9FN2O6S2. The normalized spacial score (nSPS) is 17.3. The standard InChI is InChI=1S/C10H9FN2O6S2/c11-9-2-1-7(13(14)15)5-10(9)12-21(18,19)8-3-4-20(16,17)6-8/h1-3,5,12H,4,6H2. The summed E-state index contributed by atoms with van der Waals surface area (Å²) in [4.78, 5) is 9.37. The van der Waals surface area contributed by atoms with Crippen LogP contribution in [0.3, 0.4) is 0 Å². The quantitative estimate of drug-likeness (QED) is 0.640. The summed E-state index contributed by atoms with van der Waals surface area (Å²) >= 11 is 0. The third kappa shape index (κ3) is 3.36. The molecule has 1 aliphatic heterocycles. The maximum atomic E-state index is 13.5. The van der Waals surface area contributed by atoms with E-state index >= 15 is 0 Å². The zero-order valence-electron chi connectivity index (χ0n) is 10.3. The van der Waals surface area contributed by atoms with Crippen molar-refractivity contribution in [3.05, 3.63) is 45.1 Å². The fourth-order valence-corrected chi connectivity index (χ4v) is 4.93. The van der Waals surface area contributed by atoms with Crippen LogP contribution in [-0.2, 0) is 19.9 Å². The van der Waals surface area contributed by atoms with Crippen LogP contribution in [0.5, 0.6) is 0 Å². The number of nitrogens with zero attached hydrogens (tertiary/aromatic N) is 1. The van der Waals surface area contributed by atoms with Crippen LogP contribution in [0.2, 0.25) is 0 Å². The van der Waals surface area contributed by atoms with Gasteiger partial charge >= 0.3 is 0 Å². The minimum atomic E-state index is -4.28. The van der Waals surface area contributed by atoms with Gasteiger partial charge in [0.1, 0.15) is 5.82 Å². The molecular weight excluding hydrogens is 327 g/mol. The van der Waals surface area contributed by atoms with Crippen molar-refractivity contribution in [3.8, 4) is 0 Å². The first-order valence-electron chi connectivity index (χ1n) is 5.47. The van der Waals surface area contributed by atoms with Crippen LogP contribution in [0.1, 0.15) is 0 Å². The minimum absolute atomic E-state index is 0.409. The molecule has 0 aliphatic carbocycles. The number of nitro benzene ring substituents is 1. The van der Waals surface area contributed by atoms with E-state index in [1.807, 2.05) is 4.72 Å². The van der Waals surface area contributed by atoms with Crippen LogP contribution in [-0.4, -0.2) is 33.3 Å². The van der Waals surface area contributed by atoms with E-state index in [1.165, 1.54) is 0 Å². The summed E-state index contributed by atoms with van der Waals surface area (Å²) in [5.41, 5.74) is -1.11. The highest BCUT2D eigenvalue weighted by Gasteiger charge is 2.30. The van der Waals surface area contributed by atoms with Crippen LogP contribution in [0, 0.1) is 15.9 Å². The number of nitrogens with one attached hydrogen (secondary N) is 1. The van der Waals surface area contributed by atoms with E-state index in [4.69, 9.17) is 0 Å². The van der Waals surface area contributed by atoms with Gasteiger partial charge in [0.2, 0.25) is 0 Å². The Morgan fingerprint density at radius 1 is 1.33 bits per heavy atom. The molecule has 0 spiro atoms. The Morgan fingerprint density at radius 3 is 2.52 bits per heavy atom. The number of sulfone groups is 1. The lowest BCUT2D eigenvalue weighted by atomic mass is 10.3. The van der Waals surface area contributed by atoms with Gasteiger partial charge in [-0.3, -0.25) is 14.8 Å². The number of sulfonamides is 1. The SMILES string of the molecule is O=[N+]([O-])c1ccc(F)c(NS(=O)(=O)C2=CCS(=O)(=O)C2)c1. The highest BCUT2D eigenvalue weighted by Crippen LogP contribution is 2.25. The zero-order valence-corrected chi connectivity index (χ0v) is 11.9. The monoisotopic (exact) mass is 336 g/mol. The average Bonchev–Trinajstić information content (AvgIpc) is 2.73. The highest BCUT2D eigenvalue weighted by molar-refractivity contribution is 7.99. The Kier molecular flexibility index (Phi) is 3.72. The smallest absolute Gasteiger partial charge is 0.271 e. The van der Waals surface area contributed by atoms with Gasteiger partial charge in [0.25, 0.3) is 15.7 Å². The summed E-state index contributed by atoms with van der Waals surface area (Å²) in [6.45, 7) is 0. The van der Waals surface area contributed by atoms with E-state index in [0.29, 0.717) is 0 Å². The first-order chi connectivity index (χ1) is 9.61. The predicted octanol–water partition coefficient (Wildman–Crippen LogP) is 0.788. The molecule has 1 aromatic carbocycles. The molecule has 11 heteroatoms. The number of hydrogen-bond donors (Lipinski definition) is 1. The fourth-order valence-electron chi connectivity index (χ4n) is 1.66. The molecule has 0 saturated carbocycles. The van der Waals surface area contributed by atoms with E-state index in [9.17, 15) is 31.3 Å². The Morgan fingerprint density at radius 2 is 2.00 bits per heavy atom. The number of benzene rings is 1. The predicted molar refractivity (Wildman–Crippen MR) is 72.3 cm³/mol. The van der Waals surface area contributed by atoms with Gasteiger partial charge in [-0.15, -0.1) is 0 Å². The lowest BCUT2D eigenvalue weighted by Gasteiger charge is -2.09. The van der Waals surface area contributed by atoms with E-state index in [1.54, 1.807) is 0 Å². The average molecular weight is 336 g/mol. The molecule has 1 N–H and O–H groups in total. The summed E-state index contributed by atoms with van der Waals surface area (Å²) in [6.07, 6.45) is 1.01. The summed E-state index contributed by atoms with van der Waals surface area (Å²) < 4.78 is 61.7. The van der Waals surface area contributed by atoms with Crippen molar-refractivity contribution in [2.75, 3.05) is 16.2 Å². The molecule has 1 aliphatic rings. The Labute approximate surface area is 119 Å². The minimum Gasteiger partial charge on any atom is -0.277 e. The van der Waals surface area contributed by atoms with Crippen molar-refractivity contribution in [2.45, 2.75) is 0 Å². The van der Waals surface area contributed by atoms with Crippen LogP contribution < -0.4 is 4.72 Å². The molecule has 0 unspecified atom stereocenters. The maximum absolute atomic E-state index is 13.5. The molecule has 0 bridgehead atoms. The highest BCUT2D eigenvalue weighted by atomic mass is 32.2. The topological polar surface area (TPSA) is 123 Å². The summed E-state index contributed by atoms with van der Waals surface area (Å²) in [6, 6.07) is 2.35. The molecule has 0 amide bonds. The maximum Gasteiger partial charge on any atom is 0.271 e. The van der Waals surface area contributed by atoms with Gasteiger partial charge in [-0.1, -0.05) is 6.08 Å². The summed E-state index contributed by atoms with van der Waals surface area (Å²) in [7, 11) is -7.80. The number of non-ortho nitro benzene ring substituents is 1. The number of anilines is 1. The molecule has 8 nitrogen and oxygen atoms in total. The molecule has 2 rings (SSSR count). The van der Waals surface area contributed by atoms with Gasteiger partial charge in [0.05, 0.1) is 27.0 Å². The van der Waals surface area contributed by atoms with Crippen molar-refractivity contribution >= 4 is 31.2 Å². The second-order valence-electron chi connectivity index (χ2n) is 4.25. The van der Waals surface area contributed by atoms with Crippen molar-refractivity contribution in [3.63, 3.8) is 0 Å². The van der Waals surface area contributed by atoms with E-state index in [0.717, 1.165) is 24.3 Å². The zero-order chi connectivity index (χ0) is 15.8. The molecule has 0 fully saturated rings. The Bertz CT molecular complexity index is 844. The Hall–Kier alpha value is -2.01. The first-order valence-corrected chi connectivity index (χ1v) is 8.77. The largest absolute Gasteiger partial charge is 0.277 e. The van der Waals surface area contributed by atoms with Crippen molar-refractivity contribution in [2.24, 2.45) is 0 Å². The van der Waals surface area contributed by atoms with Crippen LogP contribution >= 0.6 is 0 Å². The fraction of sp³-hybridized carbons (Fsp3) is 0.200. The third-order valence-electron chi connectivity index (χ3n) is 2.68. The molecule has 21 heavy (non-hydrogen) atoms. The van der Waals surface area contributed by atoms with Crippen LogP contribution in [0.15, 0.2) is 29.2 Å². The van der Waals surface area contributed by atoms with E-state index < -0.39 is 58.4 Å². The van der Waals surface area contributed by atoms with Crippen molar-refractivity contribution in [1.82, 2.24) is 0 Å². The van der Waals surface area contributed by atoms with Gasteiger partial charge in [-0.25, -0.2) is 21.2 Å². The molecule has 0 saturated heterocycles. The molecule has 0 radical (unpaired) electrons. The summed E-state index contributed by atoms with van der Waals surface area (Å²) in [5.74, 6) is -2.11. The van der Waals surface area contributed by atoms with Gasteiger partial charge in [0.15, 0.2) is 9.84 Å².